The number of aromatic amines is 1. The van der Waals surface area contributed by atoms with E-state index < -0.39 is 18.1 Å². The third kappa shape index (κ3) is 4.69. The van der Waals surface area contributed by atoms with E-state index in [0.717, 1.165) is 53.4 Å². The number of nitrogens with zero attached hydrogens (tertiary/aromatic N) is 2. The fourth-order valence-corrected chi connectivity index (χ4v) is 6.41. The zero-order valence-corrected chi connectivity index (χ0v) is 23.6. The fourth-order valence-electron chi connectivity index (χ4n) is 6.41. The zero-order chi connectivity index (χ0) is 28.5. The lowest BCUT2D eigenvalue weighted by atomic mass is 9.89. The molecule has 0 saturated carbocycles. The maximum atomic E-state index is 14.3. The molecule has 6 rings (SSSR count). The van der Waals surface area contributed by atoms with Crippen molar-refractivity contribution in [3.05, 3.63) is 101 Å². The van der Waals surface area contributed by atoms with E-state index in [9.17, 15) is 14.4 Å². The van der Waals surface area contributed by atoms with Crippen LogP contribution in [0.15, 0.2) is 78.9 Å². The summed E-state index contributed by atoms with van der Waals surface area (Å²) in [6, 6.07) is 23.3. The van der Waals surface area contributed by atoms with Crippen LogP contribution in [0, 0.1) is 5.92 Å². The Morgan fingerprint density at radius 2 is 1.71 bits per heavy atom. The number of fused-ring (bicyclic) bond motifs is 4. The first-order valence-corrected chi connectivity index (χ1v) is 14.7. The lowest BCUT2D eigenvalue weighted by Crippen LogP contribution is -2.44. The fraction of sp³-hybridized carbons (Fsp3) is 0.324. The second-order valence-electron chi connectivity index (χ2n) is 11.1. The van der Waals surface area contributed by atoms with E-state index in [2.05, 4.69) is 30.2 Å². The molecule has 1 saturated heterocycles. The lowest BCUT2D eigenvalue weighted by Gasteiger charge is -2.36. The van der Waals surface area contributed by atoms with Crippen molar-refractivity contribution in [2.45, 2.75) is 58.0 Å². The summed E-state index contributed by atoms with van der Waals surface area (Å²) in [4.78, 5) is 48.3. The molecule has 0 radical (unpaired) electrons. The quantitative estimate of drug-likeness (QED) is 0.231. The summed E-state index contributed by atoms with van der Waals surface area (Å²) < 4.78 is 0. The molecule has 2 N–H and O–H groups in total. The van der Waals surface area contributed by atoms with Crippen LogP contribution in [0.2, 0.25) is 0 Å². The largest absolute Gasteiger partial charge is 0.356 e. The Labute approximate surface area is 240 Å². The van der Waals surface area contributed by atoms with Crippen molar-refractivity contribution in [1.82, 2.24) is 15.2 Å². The Balaban J connectivity index is 1.36. The van der Waals surface area contributed by atoms with Crippen molar-refractivity contribution < 1.29 is 14.4 Å². The summed E-state index contributed by atoms with van der Waals surface area (Å²) in [6.45, 7) is 4.87. The van der Waals surface area contributed by atoms with E-state index in [-0.39, 0.29) is 11.8 Å². The van der Waals surface area contributed by atoms with Gasteiger partial charge in [0.2, 0.25) is 0 Å². The highest BCUT2D eigenvalue weighted by atomic mass is 16.2. The number of para-hydroxylation sites is 2. The van der Waals surface area contributed by atoms with E-state index in [0.29, 0.717) is 30.1 Å². The molecule has 2 aliphatic heterocycles. The summed E-state index contributed by atoms with van der Waals surface area (Å²) in [5.74, 6) is -0.177. The molecule has 3 atom stereocenters. The van der Waals surface area contributed by atoms with Crippen molar-refractivity contribution >= 4 is 34.4 Å². The highest BCUT2D eigenvalue weighted by Crippen LogP contribution is 2.45. The number of amides is 4. The Morgan fingerprint density at radius 1 is 0.976 bits per heavy atom. The maximum absolute atomic E-state index is 14.3. The summed E-state index contributed by atoms with van der Waals surface area (Å²) in [7, 11) is 0. The molecule has 210 valence electrons. The van der Waals surface area contributed by atoms with Crippen molar-refractivity contribution in [3.63, 3.8) is 0 Å². The van der Waals surface area contributed by atoms with Crippen LogP contribution in [0.3, 0.4) is 0 Å². The molecule has 0 unspecified atom stereocenters. The molecule has 0 spiro atoms. The van der Waals surface area contributed by atoms with Gasteiger partial charge < -0.3 is 10.3 Å². The van der Waals surface area contributed by atoms with Crippen molar-refractivity contribution in [3.8, 4) is 0 Å². The second-order valence-corrected chi connectivity index (χ2v) is 11.1. The second kappa shape index (κ2) is 11.2. The number of aromatic nitrogens is 1. The van der Waals surface area contributed by atoms with Gasteiger partial charge in [0.05, 0.1) is 11.3 Å². The van der Waals surface area contributed by atoms with Gasteiger partial charge in [-0.25, -0.2) is 9.69 Å². The van der Waals surface area contributed by atoms with Crippen molar-refractivity contribution in [2.24, 2.45) is 5.92 Å². The van der Waals surface area contributed by atoms with Crippen LogP contribution in [-0.4, -0.2) is 40.3 Å². The third-order valence-corrected chi connectivity index (χ3v) is 8.65. The van der Waals surface area contributed by atoms with Crippen LogP contribution in [0.1, 0.15) is 72.8 Å². The van der Waals surface area contributed by atoms with Crippen LogP contribution in [-0.2, 0) is 11.2 Å². The van der Waals surface area contributed by atoms with Crippen LogP contribution in [0.4, 0.5) is 10.5 Å². The first kappa shape index (κ1) is 26.8. The number of hydrogen-bond acceptors (Lipinski definition) is 3. The number of hydrogen-bond donors (Lipinski definition) is 2. The average Bonchev–Trinajstić information content (AvgIpc) is 3.50. The maximum Gasteiger partial charge on any atom is 0.332 e. The Kier molecular flexibility index (Phi) is 7.35. The minimum atomic E-state index is -0.672. The number of imide groups is 1. The molecule has 41 heavy (non-hydrogen) atoms. The molecule has 7 heteroatoms. The van der Waals surface area contributed by atoms with E-state index in [1.807, 2.05) is 48.5 Å². The van der Waals surface area contributed by atoms with E-state index >= 15 is 0 Å². The van der Waals surface area contributed by atoms with E-state index in [1.54, 1.807) is 29.2 Å². The molecule has 1 aromatic heterocycles. The average molecular weight is 549 g/mol. The van der Waals surface area contributed by atoms with E-state index in [1.165, 1.54) is 4.90 Å². The van der Waals surface area contributed by atoms with Gasteiger partial charge in [-0.15, -0.1) is 0 Å². The van der Waals surface area contributed by atoms with Gasteiger partial charge in [-0.2, -0.15) is 0 Å². The van der Waals surface area contributed by atoms with Gasteiger partial charge in [0.1, 0.15) is 12.1 Å². The number of rotatable bonds is 9. The van der Waals surface area contributed by atoms with Gasteiger partial charge in [0.25, 0.3) is 11.8 Å². The number of urea groups is 1. The molecule has 7 nitrogen and oxygen atoms in total. The van der Waals surface area contributed by atoms with Crippen LogP contribution in [0.25, 0.3) is 10.9 Å². The minimum Gasteiger partial charge on any atom is -0.356 e. The summed E-state index contributed by atoms with van der Waals surface area (Å²) in [6.07, 6.45) is 4.70. The van der Waals surface area contributed by atoms with Gasteiger partial charge in [-0.05, 0) is 41.7 Å². The van der Waals surface area contributed by atoms with Crippen molar-refractivity contribution in [2.75, 3.05) is 11.4 Å². The SMILES string of the molecule is CCCC[C@H](CC)CNC(=O)c1ccccc1N1C(=O)[C@@H]2Cc3c([nH]c4ccccc34)[C@H](c3ccccc3)N2C1=O. The smallest absolute Gasteiger partial charge is 0.332 e. The number of H-pyrrole nitrogens is 1. The van der Waals surface area contributed by atoms with Gasteiger partial charge in [-0.1, -0.05) is 93.8 Å². The molecule has 4 aromatic rings. The first-order valence-electron chi connectivity index (χ1n) is 14.7. The molecular formula is C34H36N4O3. The predicted octanol–water partition coefficient (Wildman–Crippen LogP) is 6.60. The lowest BCUT2D eigenvalue weighted by molar-refractivity contribution is -0.120. The molecule has 3 aromatic carbocycles. The predicted molar refractivity (Wildman–Crippen MR) is 161 cm³/mol. The number of benzene rings is 3. The molecule has 0 aliphatic carbocycles. The van der Waals surface area contributed by atoms with Crippen molar-refractivity contribution in [1.29, 1.82) is 0 Å². The standard InChI is InChI=1S/C34H36N4O3/c1-3-5-13-22(4-2)21-35-32(39)25-17-10-12-19-28(25)38-33(40)29-20-26-24-16-9-11-18-27(24)36-30(26)31(37(29)34(38)41)23-14-7-6-8-15-23/h6-12,14-19,22,29,31,36H,3-5,13,20-21H2,1-2H3,(H,35,39)/t22-,29-,31-/m0/s1. The number of carbonyl (C=O) groups is 3. The Morgan fingerprint density at radius 3 is 2.49 bits per heavy atom. The van der Waals surface area contributed by atoms with Gasteiger partial charge in [0, 0.05) is 29.6 Å². The number of anilines is 1. The molecule has 1 fully saturated rings. The van der Waals surface area contributed by atoms with Crippen LogP contribution >= 0.6 is 0 Å². The summed E-state index contributed by atoms with van der Waals surface area (Å²) in [5.41, 5.74) is 4.57. The molecule has 2 aliphatic rings. The van der Waals surface area contributed by atoms with Crippen LogP contribution in [0.5, 0.6) is 0 Å². The monoisotopic (exact) mass is 548 g/mol. The highest BCUT2D eigenvalue weighted by molar-refractivity contribution is 6.24. The van der Waals surface area contributed by atoms with Gasteiger partial charge in [-0.3, -0.25) is 14.5 Å². The first-order chi connectivity index (χ1) is 20.0. The number of unbranched alkanes of at least 4 members (excludes halogenated alkanes) is 1. The van der Waals surface area contributed by atoms with Crippen LogP contribution < -0.4 is 10.2 Å². The highest BCUT2D eigenvalue weighted by Gasteiger charge is 2.53. The molecule has 0 bridgehead atoms. The van der Waals surface area contributed by atoms with E-state index in [4.69, 9.17) is 0 Å². The van der Waals surface area contributed by atoms with Gasteiger partial charge >= 0.3 is 6.03 Å². The zero-order valence-electron chi connectivity index (χ0n) is 23.6. The summed E-state index contributed by atoms with van der Waals surface area (Å²) >= 11 is 0. The molecular weight excluding hydrogens is 512 g/mol. The van der Waals surface area contributed by atoms with Gasteiger partial charge in [0.15, 0.2) is 0 Å². The molecule has 3 heterocycles. The Bertz CT molecular complexity index is 1590. The number of carbonyl (C=O) groups excluding carboxylic acids is 3. The summed E-state index contributed by atoms with van der Waals surface area (Å²) in [5, 5.41) is 4.14. The number of nitrogens with one attached hydrogen (secondary N) is 2. The molecule has 4 amide bonds. The Hall–Kier alpha value is -4.39. The normalized spacial score (nSPS) is 18.9. The minimum absolute atomic E-state index is 0.267. The third-order valence-electron chi connectivity index (χ3n) is 8.65. The topological polar surface area (TPSA) is 85.5 Å².